The van der Waals surface area contributed by atoms with E-state index in [9.17, 15) is 18.0 Å². The second-order valence-electron chi connectivity index (χ2n) is 6.86. The maximum absolute atomic E-state index is 12.5. The maximum Gasteiger partial charge on any atom is 0.303 e. The fourth-order valence-electron chi connectivity index (χ4n) is 3.26. The van der Waals surface area contributed by atoms with Gasteiger partial charge >= 0.3 is 5.97 Å². The van der Waals surface area contributed by atoms with Gasteiger partial charge < -0.3 is 14.7 Å². The summed E-state index contributed by atoms with van der Waals surface area (Å²) in [6.45, 7) is 1.05. The van der Waals surface area contributed by atoms with Gasteiger partial charge in [0.15, 0.2) is 9.84 Å². The number of nitrogens with zero attached hydrogens (tertiary/aromatic N) is 1. The Morgan fingerprint density at radius 1 is 1.19 bits per heavy atom. The molecule has 1 aromatic carbocycles. The molecule has 1 heterocycles. The van der Waals surface area contributed by atoms with Crippen LogP contribution in [-0.2, 0) is 19.4 Å². The minimum atomic E-state index is -3.23. The van der Waals surface area contributed by atoms with E-state index in [1.165, 1.54) is 12.1 Å². The number of carboxylic acid groups (broad SMARTS) is 1. The number of sulfone groups is 1. The second kappa shape index (κ2) is 9.73. The van der Waals surface area contributed by atoms with Crippen LogP contribution < -0.4 is 4.74 Å². The highest BCUT2D eigenvalue weighted by Gasteiger charge is 2.26. The Labute approximate surface area is 160 Å². The molecule has 1 unspecified atom stereocenters. The van der Waals surface area contributed by atoms with E-state index in [4.69, 9.17) is 9.84 Å². The van der Waals surface area contributed by atoms with Crippen LogP contribution in [0, 0.1) is 0 Å². The average Bonchev–Trinajstić information content (AvgIpc) is 2.63. The summed E-state index contributed by atoms with van der Waals surface area (Å²) >= 11 is 0. The molecule has 7 nitrogen and oxygen atoms in total. The molecule has 1 fully saturated rings. The summed E-state index contributed by atoms with van der Waals surface area (Å²) in [7, 11) is -3.23. The first-order valence-electron chi connectivity index (χ1n) is 9.21. The fraction of sp³-hybridized carbons (Fsp3) is 0.579. The molecule has 0 aromatic heterocycles. The monoisotopic (exact) mass is 397 g/mol. The van der Waals surface area contributed by atoms with Gasteiger partial charge in [-0.05, 0) is 56.4 Å². The number of amides is 1. The van der Waals surface area contributed by atoms with Gasteiger partial charge in [0.2, 0.25) is 5.91 Å². The van der Waals surface area contributed by atoms with Gasteiger partial charge in [-0.15, -0.1) is 0 Å². The van der Waals surface area contributed by atoms with Gasteiger partial charge in [0.05, 0.1) is 11.5 Å². The quantitative estimate of drug-likeness (QED) is 0.643. The van der Waals surface area contributed by atoms with Crippen LogP contribution in [-0.4, -0.2) is 55.7 Å². The van der Waals surface area contributed by atoms with Gasteiger partial charge in [-0.1, -0.05) is 0 Å². The summed E-state index contributed by atoms with van der Waals surface area (Å²) in [5, 5.41) is 8.86. The molecule has 1 aromatic rings. The first-order chi connectivity index (χ1) is 12.8. The lowest BCUT2D eigenvalue weighted by Gasteiger charge is -2.35. The maximum atomic E-state index is 12.5. The lowest BCUT2D eigenvalue weighted by molar-refractivity contribution is -0.140. The van der Waals surface area contributed by atoms with E-state index >= 15 is 0 Å². The standard InChI is InChI=1S/C19H27NO6S/c1-27(24,25)17-10-8-16(9-11-17)26-14-4-6-18(21)20-13-3-2-5-15(20)7-12-19(22)23/h8-11,15H,2-7,12-14H2,1H3,(H,22,23). The summed E-state index contributed by atoms with van der Waals surface area (Å²) in [5.74, 6) is -0.225. The molecule has 0 spiro atoms. The van der Waals surface area contributed by atoms with E-state index < -0.39 is 15.8 Å². The molecule has 2 rings (SSSR count). The number of likely N-dealkylation sites (tertiary alicyclic amines) is 1. The first-order valence-corrected chi connectivity index (χ1v) is 11.1. The minimum Gasteiger partial charge on any atom is -0.494 e. The van der Waals surface area contributed by atoms with Crippen molar-refractivity contribution in [3.63, 3.8) is 0 Å². The number of carbonyl (C=O) groups is 2. The summed E-state index contributed by atoms with van der Waals surface area (Å²) in [6.07, 6.45) is 5.49. The van der Waals surface area contributed by atoms with Crippen LogP contribution >= 0.6 is 0 Å². The third-order valence-electron chi connectivity index (χ3n) is 4.69. The molecule has 1 amide bonds. The zero-order chi connectivity index (χ0) is 19.9. The average molecular weight is 397 g/mol. The van der Waals surface area contributed by atoms with Crippen molar-refractivity contribution in [3.05, 3.63) is 24.3 Å². The van der Waals surface area contributed by atoms with Crippen molar-refractivity contribution >= 4 is 21.7 Å². The molecule has 0 radical (unpaired) electrons. The van der Waals surface area contributed by atoms with Gasteiger partial charge in [0.25, 0.3) is 0 Å². The second-order valence-corrected chi connectivity index (χ2v) is 8.88. The largest absolute Gasteiger partial charge is 0.494 e. The topological polar surface area (TPSA) is 101 Å². The summed E-state index contributed by atoms with van der Waals surface area (Å²) in [6, 6.07) is 6.22. The van der Waals surface area contributed by atoms with Crippen molar-refractivity contribution in [3.8, 4) is 5.75 Å². The molecule has 1 N–H and O–H groups in total. The van der Waals surface area contributed by atoms with Crippen molar-refractivity contribution in [2.45, 2.75) is 55.9 Å². The first kappa shape index (κ1) is 21.2. The zero-order valence-corrected chi connectivity index (χ0v) is 16.4. The molecule has 0 bridgehead atoms. The van der Waals surface area contributed by atoms with Crippen LogP contribution in [0.2, 0.25) is 0 Å². The van der Waals surface area contributed by atoms with E-state index in [2.05, 4.69) is 0 Å². The van der Waals surface area contributed by atoms with Crippen molar-refractivity contribution in [2.24, 2.45) is 0 Å². The molecule has 150 valence electrons. The van der Waals surface area contributed by atoms with Gasteiger partial charge in [0, 0.05) is 31.7 Å². The van der Waals surface area contributed by atoms with Gasteiger partial charge in [-0.3, -0.25) is 9.59 Å². The molecular formula is C19H27NO6S. The Morgan fingerprint density at radius 3 is 2.52 bits per heavy atom. The number of benzene rings is 1. The van der Waals surface area contributed by atoms with Crippen molar-refractivity contribution in [1.29, 1.82) is 0 Å². The Balaban J connectivity index is 1.76. The highest BCUT2D eigenvalue weighted by molar-refractivity contribution is 7.90. The third kappa shape index (κ3) is 6.86. The molecule has 8 heteroatoms. The number of carbonyl (C=O) groups excluding carboxylic acids is 1. The Kier molecular flexibility index (Phi) is 7.65. The van der Waals surface area contributed by atoms with E-state index in [0.29, 0.717) is 38.2 Å². The van der Waals surface area contributed by atoms with Crippen molar-refractivity contribution in [2.75, 3.05) is 19.4 Å². The Morgan fingerprint density at radius 2 is 1.89 bits per heavy atom. The van der Waals surface area contributed by atoms with Crippen molar-refractivity contribution in [1.82, 2.24) is 4.90 Å². The predicted octanol–water partition coefficient (Wildman–Crippen LogP) is 2.50. The van der Waals surface area contributed by atoms with Gasteiger partial charge in [-0.2, -0.15) is 0 Å². The zero-order valence-electron chi connectivity index (χ0n) is 15.6. The Bertz CT molecular complexity index is 744. The number of ether oxygens (including phenoxy) is 1. The number of hydrogen-bond acceptors (Lipinski definition) is 5. The minimum absolute atomic E-state index is 0.0202. The number of rotatable bonds is 9. The number of piperidine rings is 1. The number of hydrogen-bond donors (Lipinski definition) is 1. The smallest absolute Gasteiger partial charge is 0.303 e. The molecule has 1 aliphatic heterocycles. The number of carboxylic acids is 1. The van der Waals surface area contributed by atoms with Crippen LogP contribution in [0.15, 0.2) is 29.2 Å². The SMILES string of the molecule is CS(=O)(=O)c1ccc(OCCCC(=O)N2CCCCC2CCC(=O)O)cc1. The van der Waals surface area contributed by atoms with Gasteiger partial charge in [0.1, 0.15) is 5.75 Å². The fourth-order valence-corrected chi connectivity index (χ4v) is 3.89. The lowest BCUT2D eigenvalue weighted by atomic mass is 9.97. The lowest BCUT2D eigenvalue weighted by Crippen LogP contribution is -2.44. The van der Waals surface area contributed by atoms with Crippen LogP contribution in [0.1, 0.15) is 44.9 Å². The van der Waals surface area contributed by atoms with Crippen LogP contribution in [0.25, 0.3) is 0 Å². The third-order valence-corrected chi connectivity index (χ3v) is 5.82. The molecule has 0 aliphatic carbocycles. The normalized spacial score (nSPS) is 17.5. The molecule has 27 heavy (non-hydrogen) atoms. The van der Waals surface area contributed by atoms with E-state index in [-0.39, 0.29) is 23.3 Å². The Hall–Kier alpha value is -2.09. The van der Waals surface area contributed by atoms with Gasteiger partial charge in [-0.25, -0.2) is 8.42 Å². The summed E-state index contributed by atoms with van der Waals surface area (Å²) in [5.41, 5.74) is 0. The molecule has 1 saturated heterocycles. The van der Waals surface area contributed by atoms with Crippen LogP contribution in [0.4, 0.5) is 0 Å². The molecular weight excluding hydrogens is 370 g/mol. The highest BCUT2D eigenvalue weighted by atomic mass is 32.2. The van der Waals surface area contributed by atoms with Crippen LogP contribution in [0.3, 0.4) is 0 Å². The highest BCUT2D eigenvalue weighted by Crippen LogP contribution is 2.22. The molecule has 1 atom stereocenters. The number of aliphatic carboxylic acids is 1. The predicted molar refractivity (Wildman–Crippen MR) is 101 cm³/mol. The van der Waals surface area contributed by atoms with Crippen LogP contribution in [0.5, 0.6) is 5.75 Å². The van der Waals surface area contributed by atoms with Crippen molar-refractivity contribution < 1.29 is 27.9 Å². The summed E-state index contributed by atoms with van der Waals surface area (Å²) in [4.78, 5) is 25.3. The summed E-state index contributed by atoms with van der Waals surface area (Å²) < 4.78 is 28.4. The van der Waals surface area contributed by atoms with E-state index in [1.54, 1.807) is 12.1 Å². The molecule has 0 saturated carbocycles. The molecule has 1 aliphatic rings. The van der Waals surface area contributed by atoms with E-state index in [0.717, 1.165) is 25.5 Å². The van der Waals surface area contributed by atoms with E-state index in [1.807, 2.05) is 4.90 Å².